The van der Waals surface area contributed by atoms with Crippen LogP contribution in [0.3, 0.4) is 0 Å². The van der Waals surface area contributed by atoms with Crippen LogP contribution < -0.4 is 4.90 Å². The van der Waals surface area contributed by atoms with Crippen LogP contribution in [0.1, 0.15) is 0 Å². The first-order chi connectivity index (χ1) is 25.8. The van der Waals surface area contributed by atoms with Crippen molar-refractivity contribution in [1.29, 1.82) is 0 Å². The number of rotatable bonds is 6. The first-order valence-electron chi connectivity index (χ1n) is 17.8. The Morgan fingerprint density at radius 1 is 0.327 bits per heavy atom. The van der Waals surface area contributed by atoms with Gasteiger partial charge in [0.1, 0.15) is 5.58 Å². The Bertz CT molecular complexity index is 2870. The largest absolute Gasteiger partial charge is 0.454 e. The molecule has 0 amide bonds. The Labute approximate surface area is 302 Å². The van der Waals surface area contributed by atoms with E-state index in [1.54, 1.807) is 0 Å². The van der Waals surface area contributed by atoms with Gasteiger partial charge in [-0.25, -0.2) is 0 Å². The average Bonchev–Trinajstić information content (AvgIpc) is 3.60. The van der Waals surface area contributed by atoms with Gasteiger partial charge < -0.3 is 9.32 Å². The number of hydrogen-bond donors (Lipinski definition) is 0. The zero-order valence-electron chi connectivity index (χ0n) is 28.4. The monoisotopic (exact) mass is 663 g/mol. The predicted molar refractivity (Wildman–Crippen MR) is 220 cm³/mol. The molecule has 0 N–H and O–H groups in total. The molecule has 0 unspecified atom stereocenters. The Kier molecular flexibility index (Phi) is 7.18. The highest BCUT2D eigenvalue weighted by Crippen LogP contribution is 2.48. The molecule has 9 aromatic carbocycles. The maximum absolute atomic E-state index is 6.84. The summed E-state index contributed by atoms with van der Waals surface area (Å²) < 4.78 is 6.84. The summed E-state index contributed by atoms with van der Waals surface area (Å²) in [6.45, 7) is 0. The van der Waals surface area contributed by atoms with E-state index in [1.807, 2.05) is 6.07 Å². The number of fused-ring (bicyclic) bond motifs is 6. The molecule has 10 rings (SSSR count). The summed E-state index contributed by atoms with van der Waals surface area (Å²) in [5, 5.41) is 6.99. The van der Waals surface area contributed by atoms with Crippen LogP contribution in [0.2, 0.25) is 0 Å². The summed E-state index contributed by atoms with van der Waals surface area (Å²) in [6, 6.07) is 71.6. The zero-order valence-corrected chi connectivity index (χ0v) is 28.4. The number of furan rings is 1. The fraction of sp³-hybridized carbons (Fsp3) is 0. The lowest BCUT2D eigenvalue weighted by Crippen LogP contribution is -2.11. The molecule has 0 saturated heterocycles. The van der Waals surface area contributed by atoms with Crippen LogP contribution in [0.4, 0.5) is 17.1 Å². The molecule has 244 valence electrons. The van der Waals surface area contributed by atoms with Crippen molar-refractivity contribution in [2.45, 2.75) is 0 Å². The predicted octanol–water partition coefficient (Wildman–Crippen LogP) is 14.4. The third-order valence-electron chi connectivity index (χ3n) is 10.3. The molecule has 0 radical (unpaired) electrons. The van der Waals surface area contributed by atoms with Gasteiger partial charge in [0.2, 0.25) is 0 Å². The normalized spacial score (nSPS) is 11.5. The van der Waals surface area contributed by atoms with Gasteiger partial charge in [-0.1, -0.05) is 164 Å². The molecule has 0 aliphatic carbocycles. The average molecular weight is 664 g/mol. The van der Waals surface area contributed by atoms with E-state index >= 15 is 0 Å². The standard InChI is InChI=1S/C50H33NO/c1-3-13-34(14-4-1)35-23-28-39(29-24-35)51(40-30-25-38(26-31-40)42-19-10-9-18-41(42)36-15-5-2-6-16-36)49-45-32-27-37-17-7-8-20-43(37)46(45)33-47-44-21-11-12-22-48(44)52-50(47)49/h1-33H. The van der Waals surface area contributed by atoms with E-state index in [2.05, 4.69) is 199 Å². The van der Waals surface area contributed by atoms with Crippen LogP contribution in [0.25, 0.3) is 76.9 Å². The minimum Gasteiger partial charge on any atom is -0.454 e. The van der Waals surface area contributed by atoms with Gasteiger partial charge in [-0.3, -0.25) is 0 Å². The van der Waals surface area contributed by atoms with Gasteiger partial charge in [-0.05, 0) is 85.9 Å². The molecule has 1 heterocycles. The minimum absolute atomic E-state index is 0.870. The van der Waals surface area contributed by atoms with Crippen LogP contribution >= 0.6 is 0 Å². The number of hydrogen-bond acceptors (Lipinski definition) is 2. The Balaban J connectivity index is 1.22. The van der Waals surface area contributed by atoms with Crippen molar-refractivity contribution in [3.05, 3.63) is 200 Å². The van der Waals surface area contributed by atoms with Crippen molar-refractivity contribution in [3.8, 4) is 33.4 Å². The lowest BCUT2D eigenvalue weighted by Gasteiger charge is -2.28. The summed E-state index contributed by atoms with van der Waals surface area (Å²) in [5.41, 5.74) is 12.0. The Morgan fingerprint density at radius 3 is 1.54 bits per heavy atom. The number of benzene rings is 9. The summed E-state index contributed by atoms with van der Waals surface area (Å²) in [7, 11) is 0. The molecule has 0 aliphatic heterocycles. The summed E-state index contributed by atoms with van der Waals surface area (Å²) in [4.78, 5) is 2.38. The second-order valence-electron chi connectivity index (χ2n) is 13.3. The molecule has 0 bridgehead atoms. The molecule has 0 atom stereocenters. The van der Waals surface area contributed by atoms with Crippen molar-refractivity contribution < 1.29 is 4.42 Å². The quantitative estimate of drug-likeness (QED) is 0.165. The molecule has 1 aromatic heterocycles. The lowest BCUT2D eigenvalue weighted by molar-refractivity contribution is 0.669. The van der Waals surface area contributed by atoms with Gasteiger partial charge >= 0.3 is 0 Å². The summed E-state index contributed by atoms with van der Waals surface area (Å²) in [5.74, 6) is 0. The Hall–Kier alpha value is -6.90. The molecule has 10 aromatic rings. The number of para-hydroxylation sites is 1. The second-order valence-corrected chi connectivity index (χ2v) is 13.3. The van der Waals surface area contributed by atoms with Gasteiger partial charge in [-0.15, -0.1) is 0 Å². The number of anilines is 3. The van der Waals surface area contributed by atoms with Crippen LogP contribution in [-0.4, -0.2) is 0 Å². The van der Waals surface area contributed by atoms with Crippen molar-refractivity contribution in [3.63, 3.8) is 0 Å². The molecule has 0 spiro atoms. The summed E-state index contributed by atoms with van der Waals surface area (Å²) in [6.07, 6.45) is 0. The fourth-order valence-corrected chi connectivity index (χ4v) is 7.77. The molecular formula is C50H33NO. The molecule has 2 heteroatoms. The van der Waals surface area contributed by atoms with E-state index in [4.69, 9.17) is 4.42 Å². The lowest BCUT2D eigenvalue weighted by atomic mass is 9.94. The molecular weight excluding hydrogens is 631 g/mol. The SMILES string of the molecule is c1ccc(-c2ccc(N(c3ccc(-c4ccccc4-c4ccccc4)cc3)c3c4ccc5ccccc5c4cc4c3oc3ccccc34)cc2)cc1. The highest BCUT2D eigenvalue weighted by molar-refractivity contribution is 6.24. The zero-order chi connectivity index (χ0) is 34.4. The molecule has 52 heavy (non-hydrogen) atoms. The third kappa shape index (κ3) is 5.04. The van der Waals surface area contributed by atoms with E-state index in [0.717, 1.165) is 44.4 Å². The summed E-state index contributed by atoms with van der Waals surface area (Å²) >= 11 is 0. The smallest absolute Gasteiger partial charge is 0.160 e. The van der Waals surface area contributed by atoms with E-state index < -0.39 is 0 Å². The van der Waals surface area contributed by atoms with Crippen LogP contribution in [0.15, 0.2) is 205 Å². The van der Waals surface area contributed by atoms with Gasteiger partial charge in [-0.2, -0.15) is 0 Å². The Morgan fingerprint density at radius 2 is 0.846 bits per heavy atom. The minimum atomic E-state index is 0.870. The third-order valence-corrected chi connectivity index (χ3v) is 10.3. The van der Waals surface area contributed by atoms with Crippen LogP contribution in [0.5, 0.6) is 0 Å². The highest BCUT2D eigenvalue weighted by Gasteiger charge is 2.24. The van der Waals surface area contributed by atoms with Gasteiger partial charge in [0.05, 0.1) is 5.69 Å². The topological polar surface area (TPSA) is 16.4 Å². The van der Waals surface area contributed by atoms with Gasteiger partial charge in [0, 0.05) is 27.5 Å². The maximum atomic E-state index is 6.84. The van der Waals surface area contributed by atoms with Crippen molar-refractivity contribution in [2.75, 3.05) is 4.90 Å². The highest BCUT2D eigenvalue weighted by atomic mass is 16.3. The maximum Gasteiger partial charge on any atom is 0.160 e. The molecule has 0 fully saturated rings. The van der Waals surface area contributed by atoms with E-state index in [1.165, 1.54) is 49.5 Å². The number of nitrogens with zero attached hydrogens (tertiary/aromatic N) is 1. The van der Waals surface area contributed by atoms with E-state index in [-0.39, 0.29) is 0 Å². The first kappa shape index (κ1) is 30.0. The van der Waals surface area contributed by atoms with E-state index in [9.17, 15) is 0 Å². The van der Waals surface area contributed by atoms with Crippen LogP contribution in [-0.2, 0) is 0 Å². The fourth-order valence-electron chi connectivity index (χ4n) is 7.77. The van der Waals surface area contributed by atoms with Gasteiger partial charge in [0.25, 0.3) is 0 Å². The van der Waals surface area contributed by atoms with Crippen molar-refractivity contribution >= 4 is 60.5 Å². The first-order valence-corrected chi connectivity index (χ1v) is 17.8. The molecule has 0 saturated carbocycles. The second kappa shape index (κ2) is 12.5. The van der Waals surface area contributed by atoms with Crippen molar-refractivity contribution in [1.82, 2.24) is 0 Å². The molecule has 0 aliphatic rings. The van der Waals surface area contributed by atoms with Crippen molar-refractivity contribution in [2.24, 2.45) is 0 Å². The van der Waals surface area contributed by atoms with Gasteiger partial charge in [0.15, 0.2) is 5.58 Å². The molecule has 2 nitrogen and oxygen atoms in total. The van der Waals surface area contributed by atoms with E-state index in [0.29, 0.717) is 0 Å². The van der Waals surface area contributed by atoms with Crippen LogP contribution in [0, 0.1) is 0 Å².